The smallest absolute Gasteiger partial charge is 0.181 e. The molecule has 110 valence electrons. The van der Waals surface area contributed by atoms with Gasteiger partial charge in [-0.25, -0.2) is 0 Å². The number of benzene rings is 2. The summed E-state index contributed by atoms with van der Waals surface area (Å²) in [6, 6.07) is 14.5. The van der Waals surface area contributed by atoms with Crippen molar-refractivity contribution in [1.29, 1.82) is 0 Å². The molecule has 0 bridgehead atoms. The summed E-state index contributed by atoms with van der Waals surface area (Å²) in [5.41, 5.74) is 1.73. The molecule has 1 aromatic heterocycles. The minimum absolute atomic E-state index is 0.230. The normalized spacial score (nSPS) is 11.0. The Bertz CT molecular complexity index is 780. The van der Waals surface area contributed by atoms with Crippen molar-refractivity contribution in [3.63, 3.8) is 0 Å². The van der Waals surface area contributed by atoms with Gasteiger partial charge in [0, 0.05) is 22.4 Å². The lowest BCUT2D eigenvalue weighted by molar-refractivity contribution is 0.475. The number of aromatic nitrogens is 4. The van der Waals surface area contributed by atoms with Crippen LogP contribution in [-0.4, -0.2) is 25.3 Å². The minimum atomic E-state index is 0.230. The molecule has 0 unspecified atom stereocenters. The van der Waals surface area contributed by atoms with Crippen LogP contribution in [0.25, 0.3) is 11.8 Å². The second kappa shape index (κ2) is 6.40. The molecule has 0 aliphatic heterocycles. The van der Waals surface area contributed by atoms with Gasteiger partial charge < -0.3 is 10.4 Å². The zero-order chi connectivity index (χ0) is 15.4. The predicted molar refractivity (Wildman–Crippen MR) is 87.6 cm³/mol. The fraction of sp³-hybridized carbons (Fsp3) is 0. The first-order valence-electron chi connectivity index (χ1n) is 6.49. The van der Waals surface area contributed by atoms with E-state index in [9.17, 15) is 5.11 Å². The van der Waals surface area contributed by atoms with E-state index in [2.05, 4.69) is 36.8 Å². The van der Waals surface area contributed by atoms with Crippen molar-refractivity contribution in [2.24, 2.45) is 0 Å². The Morgan fingerprint density at radius 2 is 1.77 bits per heavy atom. The first kappa shape index (κ1) is 14.3. The highest BCUT2D eigenvalue weighted by atomic mass is 79.9. The first-order valence-corrected chi connectivity index (χ1v) is 7.28. The van der Waals surface area contributed by atoms with Gasteiger partial charge in [-0.1, -0.05) is 15.9 Å². The van der Waals surface area contributed by atoms with Crippen LogP contribution in [0.2, 0.25) is 0 Å². The fourth-order valence-corrected chi connectivity index (χ4v) is 2.10. The Morgan fingerprint density at radius 3 is 2.50 bits per heavy atom. The maximum absolute atomic E-state index is 9.24. The van der Waals surface area contributed by atoms with Gasteiger partial charge in [0.1, 0.15) is 5.75 Å². The summed E-state index contributed by atoms with van der Waals surface area (Å²) in [6.07, 6.45) is 3.52. The molecule has 3 rings (SSSR count). The zero-order valence-electron chi connectivity index (χ0n) is 11.4. The molecule has 0 saturated carbocycles. The number of phenols is 1. The van der Waals surface area contributed by atoms with Crippen molar-refractivity contribution in [2.75, 3.05) is 5.32 Å². The van der Waals surface area contributed by atoms with Gasteiger partial charge in [0.05, 0.1) is 5.69 Å². The number of hydrogen-bond acceptors (Lipinski definition) is 5. The predicted octanol–water partition coefficient (Wildman–Crippen LogP) is 3.21. The monoisotopic (exact) mass is 357 g/mol. The maximum atomic E-state index is 9.24. The van der Waals surface area contributed by atoms with Crippen molar-refractivity contribution in [1.82, 2.24) is 20.2 Å². The summed E-state index contributed by atoms with van der Waals surface area (Å²) in [6.45, 7) is 0. The van der Waals surface area contributed by atoms with E-state index in [1.807, 2.05) is 24.3 Å². The summed E-state index contributed by atoms with van der Waals surface area (Å²) in [7, 11) is 0. The third-order valence-corrected chi connectivity index (χ3v) is 3.44. The second-order valence-corrected chi connectivity index (χ2v) is 5.37. The number of hydrogen-bond donors (Lipinski definition) is 2. The third-order valence-electron chi connectivity index (χ3n) is 2.91. The van der Waals surface area contributed by atoms with E-state index in [4.69, 9.17) is 0 Å². The SMILES string of the molecule is Oc1ccc(N/C=C/c2nnnn2-c2ccc(Br)cc2)cc1. The Morgan fingerprint density at radius 1 is 1.05 bits per heavy atom. The van der Waals surface area contributed by atoms with Gasteiger partial charge >= 0.3 is 0 Å². The van der Waals surface area contributed by atoms with Crippen LogP contribution in [0.4, 0.5) is 5.69 Å². The Hall–Kier alpha value is -2.67. The van der Waals surface area contributed by atoms with Crippen LogP contribution in [0.5, 0.6) is 5.75 Å². The lowest BCUT2D eigenvalue weighted by Gasteiger charge is -2.02. The van der Waals surface area contributed by atoms with Crippen molar-refractivity contribution in [3.05, 3.63) is 65.0 Å². The summed E-state index contributed by atoms with van der Waals surface area (Å²) in [5, 5.41) is 24.0. The number of rotatable bonds is 4. The number of tetrazole rings is 1. The molecule has 0 atom stereocenters. The largest absolute Gasteiger partial charge is 0.508 e. The van der Waals surface area contributed by atoms with Crippen LogP contribution in [-0.2, 0) is 0 Å². The molecule has 22 heavy (non-hydrogen) atoms. The summed E-state index contributed by atoms with van der Waals surface area (Å²) >= 11 is 3.40. The molecule has 3 aromatic rings. The molecule has 0 spiro atoms. The van der Waals surface area contributed by atoms with Crippen molar-refractivity contribution in [3.8, 4) is 11.4 Å². The van der Waals surface area contributed by atoms with Crippen molar-refractivity contribution >= 4 is 27.7 Å². The van der Waals surface area contributed by atoms with E-state index in [1.54, 1.807) is 41.2 Å². The number of nitrogens with zero attached hydrogens (tertiary/aromatic N) is 4. The second-order valence-electron chi connectivity index (χ2n) is 4.45. The molecule has 0 saturated heterocycles. The molecule has 7 heteroatoms. The maximum Gasteiger partial charge on any atom is 0.181 e. The van der Waals surface area contributed by atoms with Crippen molar-refractivity contribution < 1.29 is 5.11 Å². The highest BCUT2D eigenvalue weighted by Crippen LogP contribution is 2.15. The number of phenolic OH excluding ortho intramolecular Hbond substituents is 1. The van der Waals surface area contributed by atoms with E-state index < -0.39 is 0 Å². The molecule has 0 radical (unpaired) electrons. The number of anilines is 1. The number of halogens is 1. The van der Waals surface area contributed by atoms with Gasteiger partial charge in [-0.15, -0.1) is 5.10 Å². The van der Waals surface area contributed by atoms with E-state index in [-0.39, 0.29) is 5.75 Å². The molecule has 6 nitrogen and oxygen atoms in total. The zero-order valence-corrected chi connectivity index (χ0v) is 13.0. The van der Waals surface area contributed by atoms with Crippen LogP contribution < -0.4 is 5.32 Å². The van der Waals surface area contributed by atoms with Crippen molar-refractivity contribution in [2.45, 2.75) is 0 Å². The quantitative estimate of drug-likeness (QED) is 0.701. The molecule has 2 aromatic carbocycles. The topological polar surface area (TPSA) is 75.9 Å². The minimum Gasteiger partial charge on any atom is -0.508 e. The highest BCUT2D eigenvalue weighted by molar-refractivity contribution is 9.10. The Labute approximate surface area is 135 Å². The third kappa shape index (κ3) is 3.32. The summed E-state index contributed by atoms with van der Waals surface area (Å²) in [5.74, 6) is 0.835. The lowest BCUT2D eigenvalue weighted by Crippen LogP contribution is -1.99. The van der Waals surface area contributed by atoms with Gasteiger partial charge in [-0.3, -0.25) is 0 Å². The van der Waals surface area contributed by atoms with Crippen LogP contribution in [0.3, 0.4) is 0 Å². The Kier molecular flexibility index (Phi) is 4.15. The van der Waals surface area contributed by atoms with E-state index in [1.165, 1.54) is 0 Å². The van der Waals surface area contributed by atoms with Gasteiger partial charge in [-0.2, -0.15) is 4.68 Å². The van der Waals surface area contributed by atoms with Crippen LogP contribution >= 0.6 is 15.9 Å². The number of nitrogens with one attached hydrogen (secondary N) is 1. The molecule has 1 heterocycles. The van der Waals surface area contributed by atoms with Gasteiger partial charge in [0.25, 0.3) is 0 Å². The molecule has 0 amide bonds. The van der Waals surface area contributed by atoms with E-state index in [0.29, 0.717) is 5.82 Å². The van der Waals surface area contributed by atoms with Crippen LogP contribution in [0.1, 0.15) is 5.82 Å². The molecule has 0 fully saturated rings. The summed E-state index contributed by atoms with van der Waals surface area (Å²) in [4.78, 5) is 0. The fourth-order valence-electron chi connectivity index (χ4n) is 1.83. The van der Waals surface area contributed by atoms with Gasteiger partial charge in [0.15, 0.2) is 5.82 Å². The molecule has 0 aliphatic rings. The molecular formula is C15H12BrN5O. The summed E-state index contributed by atoms with van der Waals surface area (Å²) < 4.78 is 2.64. The van der Waals surface area contributed by atoms with Gasteiger partial charge in [-0.05, 0) is 59.0 Å². The highest BCUT2D eigenvalue weighted by Gasteiger charge is 2.04. The standard InChI is InChI=1S/C15H12BrN5O/c16-11-1-5-13(6-2-11)21-15(18-19-20-21)9-10-17-12-3-7-14(22)8-4-12/h1-10,17,22H/b10-9+. The number of aromatic hydroxyl groups is 1. The van der Waals surface area contributed by atoms with Crippen LogP contribution in [0, 0.1) is 0 Å². The average Bonchev–Trinajstić information content (AvgIpc) is 2.98. The van der Waals surface area contributed by atoms with E-state index >= 15 is 0 Å². The Balaban J connectivity index is 1.76. The lowest BCUT2D eigenvalue weighted by atomic mass is 10.3. The first-order chi connectivity index (χ1) is 10.7. The van der Waals surface area contributed by atoms with Gasteiger partial charge in [0.2, 0.25) is 0 Å². The average molecular weight is 358 g/mol. The molecular weight excluding hydrogens is 346 g/mol. The van der Waals surface area contributed by atoms with E-state index in [0.717, 1.165) is 15.8 Å². The molecule has 2 N–H and O–H groups in total. The molecule has 0 aliphatic carbocycles. The van der Waals surface area contributed by atoms with Crippen LogP contribution in [0.15, 0.2) is 59.2 Å².